The largest absolute Gasteiger partial charge is 0.468 e. The first-order valence-electron chi connectivity index (χ1n) is 7.11. The summed E-state index contributed by atoms with van der Waals surface area (Å²) in [6.45, 7) is 4.62. The van der Waals surface area contributed by atoms with Crippen LogP contribution in [0.5, 0.6) is 5.88 Å². The van der Waals surface area contributed by atoms with Gasteiger partial charge in [-0.3, -0.25) is 0 Å². The Morgan fingerprint density at radius 1 is 1.26 bits per heavy atom. The monoisotopic (exact) mass is 446 g/mol. The fraction of sp³-hybridized carbons (Fsp3) is 0.571. The lowest BCUT2D eigenvalue weighted by atomic mass is 10.3. The SMILES string of the molecule is CCCNC(=NCc1ccc(OCC(F)(F)F)nc1)NCC.I. The van der Waals surface area contributed by atoms with E-state index in [9.17, 15) is 13.2 Å². The van der Waals surface area contributed by atoms with Gasteiger partial charge < -0.3 is 15.4 Å². The zero-order valence-electron chi connectivity index (χ0n) is 13.1. The van der Waals surface area contributed by atoms with Crippen molar-refractivity contribution < 1.29 is 17.9 Å². The first-order valence-corrected chi connectivity index (χ1v) is 7.11. The van der Waals surface area contributed by atoms with E-state index in [0.717, 1.165) is 25.1 Å². The molecule has 1 rings (SSSR count). The van der Waals surface area contributed by atoms with E-state index in [1.165, 1.54) is 12.3 Å². The van der Waals surface area contributed by atoms with Gasteiger partial charge in [-0.1, -0.05) is 13.0 Å². The summed E-state index contributed by atoms with van der Waals surface area (Å²) in [6, 6.07) is 3.05. The molecule has 23 heavy (non-hydrogen) atoms. The van der Waals surface area contributed by atoms with E-state index in [0.29, 0.717) is 12.5 Å². The third-order valence-corrected chi connectivity index (χ3v) is 2.49. The Kier molecular flexibility index (Phi) is 10.7. The number of aliphatic imine (C=N–C) groups is 1. The van der Waals surface area contributed by atoms with Crippen molar-refractivity contribution in [3.63, 3.8) is 0 Å². The zero-order chi connectivity index (χ0) is 16.4. The maximum atomic E-state index is 12.0. The Morgan fingerprint density at radius 2 is 2.00 bits per heavy atom. The Balaban J connectivity index is 0.00000484. The van der Waals surface area contributed by atoms with E-state index in [1.807, 2.05) is 6.92 Å². The molecule has 5 nitrogen and oxygen atoms in total. The predicted molar refractivity (Wildman–Crippen MR) is 94.3 cm³/mol. The van der Waals surface area contributed by atoms with Gasteiger partial charge in [-0.05, 0) is 18.9 Å². The second-order valence-corrected chi connectivity index (χ2v) is 4.53. The molecule has 0 radical (unpaired) electrons. The fourth-order valence-electron chi connectivity index (χ4n) is 1.50. The summed E-state index contributed by atoms with van der Waals surface area (Å²) in [5.41, 5.74) is 0.785. The highest BCUT2D eigenvalue weighted by atomic mass is 127. The lowest BCUT2D eigenvalue weighted by molar-refractivity contribution is -0.154. The third kappa shape index (κ3) is 10.2. The molecule has 0 unspecified atom stereocenters. The van der Waals surface area contributed by atoms with Gasteiger partial charge in [0.25, 0.3) is 0 Å². The number of ether oxygens (including phenoxy) is 1. The number of alkyl halides is 3. The van der Waals surface area contributed by atoms with Gasteiger partial charge in [-0.25, -0.2) is 9.98 Å². The van der Waals surface area contributed by atoms with E-state index >= 15 is 0 Å². The zero-order valence-corrected chi connectivity index (χ0v) is 15.4. The molecule has 1 aromatic rings. The van der Waals surface area contributed by atoms with Crippen LogP contribution in [0.25, 0.3) is 0 Å². The first-order chi connectivity index (χ1) is 10.4. The van der Waals surface area contributed by atoms with Crippen molar-refractivity contribution in [3.05, 3.63) is 23.9 Å². The lowest BCUT2D eigenvalue weighted by Crippen LogP contribution is -2.37. The molecule has 0 aliphatic carbocycles. The number of nitrogens with one attached hydrogen (secondary N) is 2. The van der Waals surface area contributed by atoms with Crippen LogP contribution in [0.2, 0.25) is 0 Å². The summed E-state index contributed by atoms with van der Waals surface area (Å²) in [6.07, 6.45) is -1.92. The quantitative estimate of drug-likeness (QED) is 0.384. The number of guanidine groups is 1. The van der Waals surface area contributed by atoms with Gasteiger partial charge in [0.2, 0.25) is 5.88 Å². The number of aromatic nitrogens is 1. The molecule has 1 heterocycles. The van der Waals surface area contributed by atoms with Crippen LogP contribution in [0.15, 0.2) is 23.3 Å². The fourth-order valence-corrected chi connectivity index (χ4v) is 1.50. The van der Waals surface area contributed by atoms with Gasteiger partial charge in [0.15, 0.2) is 12.6 Å². The standard InChI is InChI=1S/C14H21F3N4O.HI/c1-3-7-19-13(18-4-2)21-9-11-5-6-12(20-8-11)22-10-14(15,16)17;/h5-6,8H,3-4,7,9-10H2,1-2H3,(H2,18,19,21);1H. The van der Waals surface area contributed by atoms with Gasteiger partial charge in [0.05, 0.1) is 6.54 Å². The highest BCUT2D eigenvalue weighted by Gasteiger charge is 2.28. The molecule has 1 aromatic heterocycles. The Morgan fingerprint density at radius 3 is 2.52 bits per heavy atom. The Labute approximate surface area is 151 Å². The average molecular weight is 446 g/mol. The van der Waals surface area contributed by atoms with Crippen LogP contribution in [0.4, 0.5) is 13.2 Å². The van der Waals surface area contributed by atoms with Crippen LogP contribution in [-0.2, 0) is 6.54 Å². The van der Waals surface area contributed by atoms with Crippen LogP contribution in [-0.4, -0.2) is 36.8 Å². The second-order valence-electron chi connectivity index (χ2n) is 4.53. The van der Waals surface area contributed by atoms with E-state index < -0.39 is 12.8 Å². The number of nitrogens with zero attached hydrogens (tertiary/aromatic N) is 2. The molecule has 0 aromatic carbocycles. The van der Waals surface area contributed by atoms with Crippen molar-refractivity contribution >= 4 is 29.9 Å². The van der Waals surface area contributed by atoms with Crippen LogP contribution >= 0.6 is 24.0 Å². The van der Waals surface area contributed by atoms with Crippen molar-refractivity contribution in [1.29, 1.82) is 0 Å². The molecular weight excluding hydrogens is 424 g/mol. The molecule has 0 saturated carbocycles. The molecule has 0 spiro atoms. The Hall–Kier alpha value is -1.26. The highest BCUT2D eigenvalue weighted by molar-refractivity contribution is 14.0. The van der Waals surface area contributed by atoms with Crippen molar-refractivity contribution in [3.8, 4) is 5.88 Å². The highest BCUT2D eigenvalue weighted by Crippen LogP contribution is 2.17. The van der Waals surface area contributed by atoms with Crippen molar-refractivity contribution in [2.75, 3.05) is 19.7 Å². The second kappa shape index (κ2) is 11.3. The molecule has 0 bridgehead atoms. The van der Waals surface area contributed by atoms with Gasteiger partial charge in [-0.2, -0.15) is 13.2 Å². The maximum absolute atomic E-state index is 12.0. The minimum Gasteiger partial charge on any atom is -0.468 e. The predicted octanol–water partition coefficient (Wildman–Crippen LogP) is 3.11. The number of hydrogen-bond acceptors (Lipinski definition) is 3. The minimum atomic E-state index is -4.36. The van der Waals surface area contributed by atoms with Crippen molar-refractivity contribution in [2.45, 2.75) is 33.0 Å². The van der Waals surface area contributed by atoms with Gasteiger partial charge in [-0.15, -0.1) is 24.0 Å². The molecule has 0 saturated heterocycles. The number of halogens is 4. The van der Waals surface area contributed by atoms with E-state index in [-0.39, 0.29) is 29.9 Å². The van der Waals surface area contributed by atoms with Gasteiger partial charge in [0, 0.05) is 25.4 Å². The summed E-state index contributed by atoms with van der Waals surface area (Å²) in [5, 5.41) is 6.26. The molecule has 2 N–H and O–H groups in total. The topological polar surface area (TPSA) is 58.5 Å². The smallest absolute Gasteiger partial charge is 0.422 e. The summed E-state index contributed by atoms with van der Waals surface area (Å²) in [7, 11) is 0. The van der Waals surface area contributed by atoms with Crippen LogP contribution in [0.1, 0.15) is 25.8 Å². The number of pyridine rings is 1. The molecule has 0 amide bonds. The average Bonchev–Trinajstić information content (AvgIpc) is 2.48. The van der Waals surface area contributed by atoms with E-state index in [4.69, 9.17) is 0 Å². The summed E-state index contributed by atoms with van der Waals surface area (Å²) < 4.78 is 40.6. The van der Waals surface area contributed by atoms with Crippen molar-refractivity contribution in [2.24, 2.45) is 4.99 Å². The van der Waals surface area contributed by atoms with Crippen LogP contribution < -0.4 is 15.4 Å². The van der Waals surface area contributed by atoms with Crippen LogP contribution in [0.3, 0.4) is 0 Å². The van der Waals surface area contributed by atoms with Gasteiger partial charge >= 0.3 is 6.18 Å². The summed E-state index contributed by atoms with van der Waals surface area (Å²) in [5.74, 6) is 0.641. The molecule has 0 aliphatic heterocycles. The normalized spacial score (nSPS) is 11.6. The first kappa shape index (κ1) is 21.7. The lowest BCUT2D eigenvalue weighted by Gasteiger charge is -2.10. The molecule has 9 heteroatoms. The maximum Gasteiger partial charge on any atom is 0.422 e. The van der Waals surface area contributed by atoms with Gasteiger partial charge in [0.1, 0.15) is 0 Å². The van der Waals surface area contributed by atoms with Crippen molar-refractivity contribution in [1.82, 2.24) is 15.6 Å². The summed E-state index contributed by atoms with van der Waals surface area (Å²) in [4.78, 5) is 8.21. The summed E-state index contributed by atoms with van der Waals surface area (Å²) >= 11 is 0. The van der Waals surface area contributed by atoms with E-state index in [1.54, 1.807) is 6.07 Å². The molecule has 132 valence electrons. The number of hydrogen-bond donors (Lipinski definition) is 2. The molecule has 0 aliphatic rings. The van der Waals surface area contributed by atoms with Crippen LogP contribution in [0, 0.1) is 0 Å². The molecule has 0 atom stereocenters. The van der Waals surface area contributed by atoms with E-state index in [2.05, 4.69) is 32.3 Å². The molecular formula is C14H22F3IN4O. The third-order valence-electron chi connectivity index (χ3n) is 2.49. The number of rotatable bonds is 7. The minimum absolute atomic E-state index is 0. The Bertz CT molecular complexity index is 466. The molecule has 0 fully saturated rings.